The summed E-state index contributed by atoms with van der Waals surface area (Å²) in [5, 5.41) is 3.23. The summed E-state index contributed by atoms with van der Waals surface area (Å²) in [5.41, 5.74) is -0.0209. The fourth-order valence-corrected chi connectivity index (χ4v) is 2.91. The molecule has 0 unspecified atom stereocenters. The van der Waals surface area contributed by atoms with Crippen molar-refractivity contribution in [1.82, 2.24) is 10.2 Å². The van der Waals surface area contributed by atoms with Crippen LogP contribution in [0.3, 0.4) is 0 Å². The maximum atomic E-state index is 12.9. The van der Waals surface area contributed by atoms with Crippen molar-refractivity contribution in [2.24, 2.45) is 0 Å². The van der Waals surface area contributed by atoms with Crippen molar-refractivity contribution in [2.75, 3.05) is 26.2 Å². The van der Waals surface area contributed by atoms with E-state index in [1.807, 2.05) is 0 Å². The standard InChI is InChI=1S/C14H16BrF3N2.ClH/c1-2-13(20-5-3-19-4-6-20)10-7-11(14(16,17)18)9-12(15)8-10;/h2,7-9,13,19H,1,3-6H2;1H/t13-;/m1./s1. The Bertz CT molecular complexity index is 488. The minimum absolute atomic E-state index is 0. The third kappa shape index (κ3) is 4.71. The Morgan fingerprint density at radius 2 is 1.86 bits per heavy atom. The van der Waals surface area contributed by atoms with Crippen LogP contribution < -0.4 is 5.32 Å². The van der Waals surface area contributed by atoms with E-state index in [0.717, 1.165) is 32.2 Å². The van der Waals surface area contributed by atoms with Gasteiger partial charge in [0.15, 0.2) is 0 Å². The van der Waals surface area contributed by atoms with E-state index < -0.39 is 11.7 Å². The van der Waals surface area contributed by atoms with Gasteiger partial charge in [0.25, 0.3) is 0 Å². The van der Waals surface area contributed by atoms with Gasteiger partial charge in [-0.05, 0) is 23.8 Å². The first-order chi connectivity index (χ1) is 9.41. The molecule has 0 amide bonds. The van der Waals surface area contributed by atoms with Gasteiger partial charge in [0, 0.05) is 30.7 Å². The second kappa shape index (κ2) is 7.63. The second-order valence-electron chi connectivity index (χ2n) is 4.74. The summed E-state index contributed by atoms with van der Waals surface area (Å²) in [5.74, 6) is 0. The molecule has 1 aliphatic rings. The van der Waals surface area contributed by atoms with Crippen LogP contribution in [0, 0.1) is 0 Å². The van der Waals surface area contributed by atoms with Gasteiger partial charge in [0.2, 0.25) is 0 Å². The Morgan fingerprint density at radius 1 is 1.24 bits per heavy atom. The molecule has 0 spiro atoms. The molecule has 0 saturated carbocycles. The van der Waals surface area contributed by atoms with E-state index in [4.69, 9.17) is 0 Å². The van der Waals surface area contributed by atoms with Gasteiger partial charge in [-0.1, -0.05) is 22.0 Å². The topological polar surface area (TPSA) is 15.3 Å². The van der Waals surface area contributed by atoms with Crippen molar-refractivity contribution < 1.29 is 13.2 Å². The van der Waals surface area contributed by atoms with Crippen molar-refractivity contribution in [3.8, 4) is 0 Å². The highest BCUT2D eigenvalue weighted by molar-refractivity contribution is 9.10. The van der Waals surface area contributed by atoms with Gasteiger partial charge in [-0.3, -0.25) is 4.90 Å². The van der Waals surface area contributed by atoms with Crippen molar-refractivity contribution in [1.29, 1.82) is 0 Å². The Labute approximate surface area is 136 Å². The molecule has 21 heavy (non-hydrogen) atoms. The first-order valence-electron chi connectivity index (χ1n) is 6.37. The summed E-state index contributed by atoms with van der Waals surface area (Å²) in [6.45, 7) is 7.04. The molecule has 2 nitrogen and oxygen atoms in total. The van der Waals surface area contributed by atoms with E-state index in [1.165, 1.54) is 6.07 Å². The zero-order valence-corrected chi connectivity index (χ0v) is 13.7. The van der Waals surface area contributed by atoms with Crippen LogP contribution in [-0.4, -0.2) is 31.1 Å². The number of piperazine rings is 1. The fourth-order valence-electron chi connectivity index (χ4n) is 2.40. The highest BCUT2D eigenvalue weighted by atomic mass is 79.9. The Morgan fingerprint density at radius 3 is 2.38 bits per heavy atom. The molecule has 7 heteroatoms. The van der Waals surface area contributed by atoms with Crippen LogP contribution in [0.2, 0.25) is 0 Å². The van der Waals surface area contributed by atoms with Gasteiger partial charge in [-0.25, -0.2) is 0 Å². The molecule has 1 aromatic rings. The molecule has 1 heterocycles. The molecule has 1 fully saturated rings. The van der Waals surface area contributed by atoms with E-state index in [0.29, 0.717) is 10.0 Å². The average molecular weight is 386 g/mol. The van der Waals surface area contributed by atoms with Crippen molar-refractivity contribution >= 4 is 28.3 Å². The van der Waals surface area contributed by atoms with Crippen LogP contribution >= 0.6 is 28.3 Å². The highest BCUT2D eigenvalue weighted by Crippen LogP contribution is 2.34. The number of hydrogen-bond acceptors (Lipinski definition) is 2. The Balaban J connectivity index is 0.00000220. The molecule has 0 bridgehead atoms. The number of rotatable bonds is 3. The van der Waals surface area contributed by atoms with Crippen LogP contribution in [0.1, 0.15) is 17.2 Å². The molecular formula is C14H17BrClF3N2. The van der Waals surface area contributed by atoms with Gasteiger partial charge >= 0.3 is 6.18 Å². The highest BCUT2D eigenvalue weighted by Gasteiger charge is 2.32. The minimum atomic E-state index is -4.34. The lowest BCUT2D eigenvalue weighted by molar-refractivity contribution is -0.137. The summed E-state index contributed by atoms with van der Waals surface area (Å²) in [4.78, 5) is 2.13. The lowest BCUT2D eigenvalue weighted by Crippen LogP contribution is -2.44. The predicted octanol–water partition coefficient (Wildman–Crippen LogP) is 4.02. The number of nitrogens with zero attached hydrogens (tertiary/aromatic N) is 1. The van der Waals surface area contributed by atoms with E-state index in [1.54, 1.807) is 12.1 Å². The number of nitrogens with one attached hydrogen (secondary N) is 1. The van der Waals surface area contributed by atoms with Gasteiger partial charge in [0.05, 0.1) is 11.6 Å². The van der Waals surface area contributed by atoms with Gasteiger partial charge in [0.1, 0.15) is 0 Å². The quantitative estimate of drug-likeness (QED) is 0.791. The first kappa shape index (κ1) is 18.5. The number of halogens is 5. The average Bonchev–Trinajstić information content (AvgIpc) is 2.39. The van der Waals surface area contributed by atoms with Gasteiger partial charge in [-0.15, -0.1) is 19.0 Å². The third-order valence-electron chi connectivity index (χ3n) is 3.36. The van der Waals surface area contributed by atoms with Crippen LogP contribution in [0.25, 0.3) is 0 Å². The number of alkyl halides is 3. The smallest absolute Gasteiger partial charge is 0.314 e. The van der Waals surface area contributed by atoms with Crippen molar-refractivity contribution in [2.45, 2.75) is 12.2 Å². The molecule has 0 radical (unpaired) electrons. The molecule has 118 valence electrons. The molecule has 1 aliphatic heterocycles. The lowest BCUT2D eigenvalue weighted by Gasteiger charge is -2.33. The summed E-state index contributed by atoms with van der Waals surface area (Å²) in [7, 11) is 0. The Kier molecular flexibility index (Phi) is 6.71. The molecular weight excluding hydrogens is 369 g/mol. The normalized spacial score (nSPS) is 17.9. The molecule has 1 aromatic carbocycles. The van der Waals surface area contributed by atoms with Gasteiger partial charge in [-0.2, -0.15) is 13.2 Å². The van der Waals surface area contributed by atoms with Crippen LogP contribution in [0.4, 0.5) is 13.2 Å². The molecule has 0 aliphatic carbocycles. The molecule has 0 aromatic heterocycles. The maximum Gasteiger partial charge on any atom is 0.416 e. The summed E-state index contributed by atoms with van der Waals surface area (Å²) in [6.07, 6.45) is -2.64. The van der Waals surface area contributed by atoms with E-state index in [9.17, 15) is 13.2 Å². The van der Waals surface area contributed by atoms with E-state index in [-0.39, 0.29) is 18.4 Å². The molecule has 1 N–H and O–H groups in total. The minimum Gasteiger partial charge on any atom is -0.314 e. The van der Waals surface area contributed by atoms with Gasteiger partial charge < -0.3 is 5.32 Å². The number of benzene rings is 1. The monoisotopic (exact) mass is 384 g/mol. The van der Waals surface area contributed by atoms with Crippen molar-refractivity contribution in [3.63, 3.8) is 0 Å². The lowest BCUT2D eigenvalue weighted by atomic mass is 10.0. The van der Waals surface area contributed by atoms with E-state index >= 15 is 0 Å². The largest absolute Gasteiger partial charge is 0.416 e. The maximum absolute atomic E-state index is 12.9. The van der Waals surface area contributed by atoms with Crippen LogP contribution in [0.15, 0.2) is 35.3 Å². The zero-order valence-electron chi connectivity index (χ0n) is 11.3. The third-order valence-corrected chi connectivity index (χ3v) is 3.82. The first-order valence-corrected chi connectivity index (χ1v) is 7.16. The number of hydrogen-bond donors (Lipinski definition) is 1. The Hall–Kier alpha value is -0.560. The predicted molar refractivity (Wildman–Crippen MR) is 83.8 cm³/mol. The fraction of sp³-hybridized carbons (Fsp3) is 0.429. The second-order valence-corrected chi connectivity index (χ2v) is 5.65. The summed E-state index contributed by atoms with van der Waals surface area (Å²) < 4.78 is 39.1. The molecule has 1 atom stereocenters. The van der Waals surface area contributed by atoms with Crippen LogP contribution in [-0.2, 0) is 6.18 Å². The van der Waals surface area contributed by atoms with Crippen molar-refractivity contribution in [3.05, 3.63) is 46.5 Å². The van der Waals surface area contributed by atoms with E-state index in [2.05, 4.69) is 32.7 Å². The summed E-state index contributed by atoms with van der Waals surface area (Å²) in [6, 6.07) is 3.83. The zero-order chi connectivity index (χ0) is 14.8. The SMILES string of the molecule is C=C[C@H](c1cc(Br)cc(C(F)(F)F)c1)N1CCNCC1.Cl. The summed E-state index contributed by atoms with van der Waals surface area (Å²) >= 11 is 3.16. The van der Waals surface area contributed by atoms with Crippen LogP contribution in [0.5, 0.6) is 0 Å². The molecule has 2 rings (SSSR count). The molecule has 1 saturated heterocycles.